The maximum absolute atomic E-state index is 8.96. The van der Waals surface area contributed by atoms with Gasteiger partial charge in [0.2, 0.25) is 0 Å². The highest BCUT2D eigenvalue weighted by atomic mass is 16.5. The normalized spacial score (nSPS) is 10.3. The Morgan fingerprint density at radius 1 is 0.944 bits per heavy atom. The monoisotopic (exact) mass is 243 g/mol. The molecule has 0 fully saturated rings. The first-order chi connectivity index (χ1) is 8.83. The van der Waals surface area contributed by atoms with Gasteiger partial charge in [0.15, 0.2) is 0 Å². The fourth-order valence-electron chi connectivity index (χ4n) is 1.72. The van der Waals surface area contributed by atoms with E-state index in [0.717, 1.165) is 22.4 Å². The lowest BCUT2D eigenvalue weighted by atomic mass is 10.1. The summed E-state index contributed by atoms with van der Waals surface area (Å²) in [5, 5.41) is 8.96. The number of ether oxygens (including phenoxy) is 1. The summed E-state index contributed by atoms with van der Waals surface area (Å²) in [4.78, 5) is 0. The van der Waals surface area contributed by atoms with Crippen molar-refractivity contribution in [2.75, 3.05) is 0 Å². The quantitative estimate of drug-likeness (QED) is 0.846. The third kappa shape index (κ3) is 3.09. The number of aliphatic hydroxyl groups is 1. The van der Waals surface area contributed by atoms with Crippen molar-refractivity contribution in [2.24, 2.45) is 5.73 Å². The van der Waals surface area contributed by atoms with Crippen molar-refractivity contribution >= 4 is 0 Å². The van der Waals surface area contributed by atoms with Crippen LogP contribution in [0, 0.1) is 0 Å². The van der Waals surface area contributed by atoms with Gasteiger partial charge in [-0.15, -0.1) is 0 Å². The molecule has 18 heavy (non-hydrogen) atoms. The number of hydrogen-bond donors (Lipinski definition) is 2. The minimum atomic E-state index is 0.0666. The van der Waals surface area contributed by atoms with E-state index in [-0.39, 0.29) is 6.61 Å². The van der Waals surface area contributed by atoms with Crippen LogP contribution in [0.5, 0.6) is 5.75 Å². The van der Waals surface area contributed by atoms with E-state index in [1.165, 1.54) is 0 Å². The number of benzene rings is 2. The predicted octanol–water partition coefficient (Wildman–Crippen LogP) is 2.22. The average Bonchev–Trinajstić information content (AvgIpc) is 2.46. The molecule has 3 nitrogen and oxygen atoms in total. The molecular weight excluding hydrogens is 226 g/mol. The zero-order chi connectivity index (χ0) is 12.8. The smallest absolute Gasteiger partial charge is 0.124 e. The third-order valence-corrected chi connectivity index (χ3v) is 2.79. The molecule has 0 aliphatic carbocycles. The van der Waals surface area contributed by atoms with E-state index in [0.29, 0.717) is 13.2 Å². The van der Waals surface area contributed by atoms with E-state index in [9.17, 15) is 0 Å². The maximum Gasteiger partial charge on any atom is 0.124 e. The Morgan fingerprint density at radius 2 is 1.61 bits per heavy atom. The van der Waals surface area contributed by atoms with Crippen LogP contribution in [0.25, 0.3) is 0 Å². The Morgan fingerprint density at radius 3 is 2.28 bits per heavy atom. The highest BCUT2D eigenvalue weighted by Gasteiger charge is 2.01. The molecule has 0 spiro atoms. The van der Waals surface area contributed by atoms with Gasteiger partial charge in [-0.05, 0) is 17.2 Å². The van der Waals surface area contributed by atoms with E-state index < -0.39 is 0 Å². The predicted molar refractivity (Wildman–Crippen MR) is 71.0 cm³/mol. The van der Waals surface area contributed by atoms with Gasteiger partial charge in [0.25, 0.3) is 0 Å². The van der Waals surface area contributed by atoms with Gasteiger partial charge in [-0.1, -0.05) is 42.5 Å². The summed E-state index contributed by atoms with van der Waals surface area (Å²) in [6.07, 6.45) is 0. The lowest BCUT2D eigenvalue weighted by Gasteiger charge is -2.10. The minimum absolute atomic E-state index is 0.0666. The lowest BCUT2D eigenvalue weighted by molar-refractivity contribution is 0.281. The van der Waals surface area contributed by atoms with Gasteiger partial charge in [-0.2, -0.15) is 0 Å². The van der Waals surface area contributed by atoms with Gasteiger partial charge in [-0.25, -0.2) is 0 Å². The molecule has 0 aliphatic heterocycles. The first-order valence-corrected chi connectivity index (χ1v) is 5.93. The van der Waals surface area contributed by atoms with E-state index >= 15 is 0 Å². The van der Waals surface area contributed by atoms with E-state index in [2.05, 4.69) is 0 Å². The Kier molecular flexibility index (Phi) is 4.34. The minimum Gasteiger partial charge on any atom is -0.489 e. The molecular formula is C15H17NO2. The highest BCUT2D eigenvalue weighted by molar-refractivity contribution is 5.33. The van der Waals surface area contributed by atoms with E-state index in [1.807, 2.05) is 48.5 Å². The van der Waals surface area contributed by atoms with Crippen molar-refractivity contribution in [1.29, 1.82) is 0 Å². The molecule has 2 aromatic rings. The van der Waals surface area contributed by atoms with Crippen molar-refractivity contribution in [3.63, 3.8) is 0 Å². The third-order valence-electron chi connectivity index (χ3n) is 2.79. The largest absolute Gasteiger partial charge is 0.489 e. The Bertz CT molecular complexity index is 494. The molecule has 0 aliphatic rings. The van der Waals surface area contributed by atoms with E-state index in [4.69, 9.17) is 15.6 Å². The van der Waals surface area contributed by atoms with Crippen molar-refractivity contribution in [1.82, 2.24) is 0 Å². The average molecular weight is 243 g/mol. The van der Waals surface area contributed by atoms with Crippen LogP contribution in [0.1, 0.15) is 16.7 Å². The summed E-state index contributed by atoms with van der Waals surface area (Å²) in [6.45, 7) is 1.04. The number of aliphatic hydroxyl groups excluding tert-OH is 1. The molecule has 2 rings (SSSR count). The van der Waals surface area contributed by atoms with Gasteiger partial charge < -0.3 is 15.6 Å². The molecule has 0 radical (unpaired) electrons. The zero-order valence-corrected chi connectivity index (χ0v) is 10.2. The number of rotatable bonds is 5. The molecule has 94 valence electrons. The second-order valence-electron chi connectivity index (χ2n) is 4.08. The van der Waals surface area contributed by atoms with Crippen molar-refractivity contribution in [2.45, 2.75) is 19.8 Å². The summed E-state index contributed by atoms with van der Waals surface area (Å²) in [5.74, 6) is 0.825. The van der Waals surface area contributed by atoms with Crippen LogP contribution in [-0.4, -0.2) is 5.11 Å². The molecule has 0 unspecified atom stereocenters. The van der Waals surface area contributed by atoms with Crippen molar-refractivity contribution < 1.29 is 9.84 Å². The summed E-state index contributed by atoms with van der Waals surface area (Å²) < 4.78 is 5.75. The molecule has 0 aromatic heterocycles. The zero-order valence-electron chi connectivity index (χ0n) is 10.2. The number of para-hydroxylation sites is 1. The summed E-state index contributed by atoms with van der Waals surface area (Å²) in [5.41, 5.74) is 8.63. The molecule has 0 atom stereocenters. The van der Waals surface area contributed by atoms with Gasteiger partial charge in [0, 0.05) is 12.1 Å². The van der Waals surface area contributed by atoms with Gasteiger partial charge in [0.05, 0.1) is 6.61 Å². The first-order valence-electron chi connectivity index (χ1n) is 5.93. The second kappa shape index (κ2) is 6.19. The van der Waals surface area contributed by atoms with Gasteiger partial charge in [-0.3, -0.25) is 0 Å². The fourth-order valence-corrected chi connectivity index (χ4v) is 1.72. The second-order valence-corrected chi connectivity index (χ2v) is 4.08. The van der Waals surface area contributed by atoms with Crippen LogP contribution in [-0.2, 0) is 19.8 Å². The number of nitrogens with two attached hydrogens (primary N) is 1. The highest BCUT2D eigenvalue weighted by Crippen LogP contribution is 2.18. The Labute approximate surface area is 107 Å². The molecule has 0 amide bonds. The van der Waals surface area contributed by atoms with Crippen LogP contribution >= 0.6 is 0 Å². The summed E-state index contributed by atoms with van der Waals surface area (Å²) >= 11 is 0. The van der Waals surface area contributed by atoms with Crippen LogP contribution in [0.3, 0.4) is 0 Å². The van der Waals surface area contributed by atoms with Crippen molar-refractivity contribution in [3.8, 4) is 5.75 Å². The first kappa shape index (κ1) is 12.6. The fraction of sp³-hybridized carbons (Fsp3) is 0.200. The van der Waals surface area contributed by atoms with Gasteiger partial charge >= 0.3 is 0 Å². The van der Waals surface area contributed by atoms with Crippen LogP contribution in [0.2, 0.25) is 0 Å². The van der Waals surface area contributed by atoms with Crippen LogP contribution in [0.4, 0.5) is 0 Å². The Balaban J connectivity index is 2.02. The molecule has 3 heteroatoms. The van der Waals surface area contributed by atoms with Gasteiger partial charge in [0.1, 0.15) is 12.4 Å². The molecule has 2 aromatic carbocycles. The number of hydrogen-bond acceptors (Lipinski definition) is 3. The lowest BCUT2D eigenvalue weighted by Crippen LogP contribution is -2.02. The molecule has 0 heterocycles. The molecule has 0 saturated heterocycles. The topological polar surface area (TPSA) is 55.5 Å². The SMILES string of the molecule is NCc1ccccc1OCc1ccc(CO)cc1. The molecule has 0 saturated carbocycles. The van der Waals surface area contributed by atoms with Crippen LogP contribution in [0.15, 0.2) is 48.5 Å². The van der Waals surface area contributed by atoms with Crippen molar-refractivity contribution in [3.05, 3.63) is 65.2 Å². The molecule has 3 N–H and O–H groups in total. The maximum atomic E-state index is 8.96. The standard InChI is InChI=1S/C15H17NO2/c16-9-14-3-1-2-4-15(14)18-11-13-7-5-12(10-17)6-8-13/h1-8,17H,9-11,16H2. The van der Waals surface area contributed by atoms with E-state index in [1.54, 1.807) is 0 Å². The van der Waals surface area contributed by atoms with Crippen LogP contribution < -0.4 is 10.5 Å². The molecule has 0 bridgehead atoms. The summed E-state index contributed by atoms with van der Waals surface area (Å²) in [6, 6.07) is 15.5. The summed E-state index contributed by atoms with van der Waals surface area (Å²) in [7, 11) is 0. The Hall–Kier alpha value is -1.84.